The first kappa shape index (κ1) is 14.6. The maximum Gasteiger partial charge on any atom is 0.333 e. The number of alkyl halides is 2. The summed E-state index contributed by atoms with van der Waals surface area (Å²) in [6, 6.07) is 5.35. The van der Waals surface area contributed by atoms with Gasteiger partial charge in [-0.25, -0.2) is 13.6 Å². The van der Waals surface area contributed by atoms with Crippen LogP contribution in [0, 0.1) is 0 Å². The quantitative estimate of drug-likeness (QED) is 0.600. The van der Waals surface area contributed by atoms with Gasteiger partial charge in [0, 0.05) is 22.6 Å². The van der Waals surface area contributed by atoms with Crippen LogP contribution in [-0.4, -0.2) is 12.6 Å². The van der Waals surface area contributed by atoms with Crippen LogP contribution in [0.3, 0.4) is 0 Å². The molecule has 1 aromatic carbocycles. The molecule has 98 valence electrons. The molecule has 0 aliphatic rings. The predicted molar refractivity (Wildman–Crippen MR) is 65.7 cm³/mol. The average Bonchev–Trinajstić information content (AvgIpc) is 2.28. The number of hydrogen-bond acceptors (Lipinski definition) is 2. The number of benzene rings is 1. The molecule has 0 aliphatic heterocycles. The summed E-state index contributed by atoms with van der Waals surface area (Å²) in [5, 5.41) is 0.217. The minimum Gasteiger partial charge on any atom is -0.463 e. The van der Waals surface area contributed by atoms with Crippen LogP contribution in [0.1, 0.15) is 18.9 Å². The Kier molecular flexibility index (Phi) is 4.84. The van der Waals surface area contributed by atoms with Gasteiger partial charge >= 0.3 is 5.97 Å². The number of rotatable bonds is 5. The summed E-state index contributed by atoms with van der Waals surface area (Å²) in [6.45, 7) is 5.04. The normalized spacial score (nSPS) is 11.1. The second kappa shape index (κ2) is 5.96. The highest BCUT2D eigenvalue weighted by Crippen LogP contribution is 2.35. The predicted octanol–water partition coefficient (Wildman–Crippen LogP) is 3.94. The standard InChI is InChI=1S/C13H13ClF2O2/c1-3-18-12(17)9(2)8-13(15,16)10-5-4-6-11(14)7-10/h4-7H,2-3,8H2,1H3. The first-order valence-corrected chi connectivity index (χ1v) is 5.73. The van der Waals surface area contributed by atoms with Crippen molar-refractivity contribution in [1.82, 2.24) is 0 Å². The molecule has 0 unspecified atom stereocenters. The Morgan fingerprint density at radius 1 is 1.50 bits per heavy atom. The van der Waals surface area contributed by atoms with Crippen LogP contribution in [-0.2, 0) is 15.5 Å². The van der Waals surface area contributed by atoms with Gasteiger partial charge in [0.25, 0.3) is 5.92 Å². The molecule has 2 nitrogen and oxygen atoms in total. The molecular formula is C13H13ClF2O2. The third-order valence-electron chi connectivity index (χ3n) is 2.25. The molecule has 0 radical (unpaired) electrons. The molecule has 0 saturated carbocycles. The van der Waals surface area contributed by atoms with E-state index in [0.717, 1.165) is 0 Å². The Labute approximate surface area is 109 Å². The van der Waals surface area contributed by atoms with E-state index in [4.69, 9.17) is 11.6 Å². The van der Waals surface area contributed by atoms with E-state index in [9.17, 15) is 13.6 Å². The zero-order valence-corrected chi connectivity index (χ0v) is 10.6. The van der Waals surface area contributed by atoms with Gasteiger partial charge in [-0.2, -0.15) is 0 Å². The van der Waals surface area contributed by atoms with Gasteiger partial charge in [-0.3, -0.25) is 0 Å². The molecule has 0 fully saturated rings. The average molecular weight is 275 g/mol. The van der Waals surface area contributed by atoms with E-state index in [2.05, 4.69) is 11.3 Å². The molecule has 1 aromatic rings. The van der Waals surface area contributed by atoms with Gasteiger partial charge in [-0.1, -0.05) is 30.3 Å². The number of carbonyl (C=O) groups is 1. The zero-order chi connectivity index (χ0) is 13.8. The third-order valence-corrected chi connectivity index (χ3v) is 2.48. The van der Waals surface area contributed by atoms with Crippen molar-refractivity contribution >= 4 is 17.6 Å². The highest BCUT2D eigenvalue weighted by molar-refractivity contribution is 6.30. The molecule has 0 amide bonds. The fourth-order valence-corrected chi connectivity index (χ4v) is 1.58. The van der Waals surface area contributed by atoms with Crippen molar-refractivity contribution in [2.45, 2.75) is 19.3 Å². The third kappa shape index (κ3) is 3.81. The second-order valence-electron chi connectivity index (χ2n) is 3.72. The van der Waals surface area contributed by atoms with E-state index >= 15 is 0 Å². The lowest BCUT2D eigenvalue weighted by atomic mass is 10.0. The van der Waals surface area contributed by atoms with Crippen molar-refractivity contribution in [3.63, 3.8) is 0 Å². The number of carbonyl (C=O) groups excluding carboxylic acids is 1. The van der Waals surface area contributed by atoms with E-state index in [0.29, 0.717) is 0 Å². The van der Waals surface area contributed by atoms with Crippen LogP contribution >= 0.6 is 11.6 Å². The van der Waals surface area contributed by atoms with Gasteiger partial charge in [-0.15, -0.1) is 0 Å². The molecule has 1 rings (SSSR count). The molecule has 0 atom stereocenters. The second-order valence-corrected chi connectivity index (χ2v) is 4.15. The van der Waals surface area contributed by atoms with Crippen LogP contribution in [0.25, 0.3) is 0 Å². The van der Waals surface area contributed by atoms with Gasteiger partial charge < -0.3 is 4.74 Å². The number of halogens is 3. The van der Waals surface area contributed by atoms with E-state index in [-0.39, 0.29) is 22.8 Å². The molecule has 0 bridgehead atoms. The summed E-state index contributed by atoms with van der Waals surface area (Å²) in [7, 11) is 0. The Morgan fingerprint density at radius 3 is 2.72 bits per heavy atom. The maximum absolute atomic E-state index is 13.9. The molecule has 5 heteroatoms. The van der Waals surface area contributed by atoms with Crippen LogP contribution in [0.15, 0.2) is 36.4 Å². The molecular weight excluding hydrogens is 262 g/mol. The first-order valence-electron chi connectivity index (χ1n) is 5.35. The molecule has 0 aromatic heterocycles. The van der Waals surface area contributed by atoms with Gasteiger partial charge in [0.1, 0.15) is 0 Å². The summed E-state index contributed by atoms with van der Waals surface area (Å²) in [5.41, 5.74) is -0.512. The van der Waals surface area contributed by atoms with Crippen molar-refractivity contribution in [2.75, 3.05) is 6.61 Å². The summed E-state index contributed by atoms with van der Waals surface area (Å²) in [4.78, 5) is 11.2. The Hall–Kier alpha value is -1.42. The van der Waals surface area contributed by atoms with Crippen molar-refractivity contribution in [3.05, 3.63) is 47.0 Å². The lowest BCUT2D eigenvalue weighted by Crippen LogP contribution is -2.18. The van der Waals surface area contributed by atoms with Gasteiger partial charge in [0.2, 0.25) is 0 Å². The van der Waals surface area contributed by atoms with E-state index < -0.39 is 18.3 Å². The van der Waals surface area contributed by atoms with Crippen LogP contribution in [0.4, 0.5) is 8.78 Å². The minimum atomic E-state index is -3.20. The number of hydrogen-bond donors (Lipinski definition) is 0. The molecule has 0 heterocycles. The summed E-state index contributed by atoms with van der Waals surface area (Å²) in [6.07, 6.45) is -0.786. The van der Waals surface area contributed by atoms with Crippen molar-refractivity contribution in [2.24, 2.45) is 0 Å². The Morgan fingerprint density at radius 2 is 2.17 bits per heavy atom. The van der Waals surface area contributed by atoms with Crippen LogP contribution in [0.2, 0.25) is 5.02 Å². The maximum atomic E-state index is 13.9. The lowest BCUT2D eigenvalue weighted by Gasteiger charge is -2.17. The minimum absolute atomic E-state index is 0.126. The number of ether oxygens (including phenoxy) is 1. The van der Waals surface area contributed by atoms with Gasteiger partial charge in [-0.05, 0) is 19.1 Å². The zero-order valence-electron chi connectivity index (χ0n) is 9.88. The smallest absolute Gasteiger partial charge is 0.333 e. The van der Waals surface area contributed by atoms with Crippen LogP contribution in [0.5, 0.6) is 0 Å². The highest BCUT2D eigenvalue weighted by atomic mass is 35.5. The van der Waals surface area contributed by atoms with Crippen molar-refractivity contribution in [3.8, 4) is 0 Å². The molecule has 18 heavy (non-hydrogen) atoms. The van der Waals surface area contributed by atoms with Gasteiger partial charge in [0.15, 0.2) is 0 Å². The first-order chi connectivity index (χ1) is 8.36. The van der Waals surface area contributed by atoms with E-state index in [1.165, 1.54) is 24.3 Å². The summed E-state index contributed by atoms with van der Waals surface area (Å²) in [5.74, 6) is -4.01. The lowest BCUT2D eigenvalue weighted by molar-refractivity contribution is -0.139. The number of esters is 1. The Balaban J connectivity index is 2.82. The Bertz CT molecular complexity index is 458. The fourth-order valence-electron chi connectivity index (χ4n) is 1.39. The van der Waals surface area contributed by atoms with Crippen molar-refractivity contribution < 1.29 is 18.3 Å². The monoisotopic (exact) mass is 274 g/mol. The topological polar surface area (TPSA) is 26.3 Å². The summed E-state index contributed by atoms with van der Waals surface area (Å²) >= 11 is 5.65. The van der Waals surface area contributed by atoms with Crippen molar-refractivity contribution in [1.29, 1.82) is 0 Å². The fraction of sp³-hybridized carbons (Fsp3) is 0.308. The molecule has 0 spiro atoms. The van der Waals surface area contributed by atoms with E-state index in [1.807, 2.05) is 0 Å². The van der Waals surface area contributed by atoms with Crippen LogP contribution < -0.4 is 0 Å². The molecule has 0 N–H and O–H groups in total. The SMILES string of the molecule is C=C(CC(F)(F)c1cccc(Cl)c1)C(=O)OCC. The largest absolute Gasteiger partial charge is 0.463 e. The summed E-state index contributed by atoms with van der Waals surface area (Å²) < 4.78 is 32.3. The molecule has 0 saturated heterocycles. The van der Waals surface area contributed by atoms with Gasteiger partial charge in [0.05, 0.1) is 6.61 Å². The molecule has 0 aliphatic carbocycles. The highest BCUT2D eigenvalue weighted by Gasteiger charge is 2.34. The van der Waals surface area contributed by atoms with E-state index in [1.54, 1.807) is 6.92 Å².